The highest BCUT2D eigenvalue weighted by Crippen LogP contribution is 2.22. The van der Waals surface area contributed by atoms with Crippen LogP contribution >= 0.6 is 15.9 Å². The zero-order valence-electron chi connectivity index (χ0n) is 14.8. The van der Waals surface area contributed by atoms with Crippen LogP contribution in [0.2, 0.25) is 0 Å². The molecule has 0 aliphatic rings. The number of hydrogen-bond acceptors (Lipinski definition) is 4. The van der Waals surface area contributed by atoms with Crippen molar-refractivity contribution in [3.8, 4) is 17.2 Å². The highest BCUT2D eigenvalue weighted by atomic mass is 79.9. The highest BCUT2D eigenvalue weighted by Gasteiger charge is 2.12. The molecule has 7 heteroatoms. The number of benzene rings is 2. The molecule has 0 saturated heterocycles. The predicted molar refractivity (Wildman–Crippen MR) is 108 cm³/mol. The molecular weight excluding hydrogens is 410 g/mol. The Bertz CT molecular complexity index is 965. The number of ether oxygens (including phenoxy) is 2. The third-order valence-electron chi connectivity index (χ3n) is 3.90. The molecule has 1 aromatic heterocycles. The molecule has 0 radical (unpaired) electrons. The molecule has 1 N–H and O–H groups in total. The Morgan fingerprint density at radius 2 is 1.89 bits per heavy atom. The van der Waals surface area contributed by atoms with Crippen molar-refractivity contribution in [1.29, 1.82) is 0 Å². The van der Waals surface area contributed by atoms with Gasteiger partial charge >= 0.3 is 0 Å². The highest BCUT2D eigenvalue weighted by molar-refractivity contribution is 9.10. The van der Waals surface area contributed by atoms with Gasteiger partial charge in [0.25, 0.3) is 5.91 Å². The van der Waals surface area contributed by atoms with Crippen molar-refractivity contribution in [1.82, 2.24) is 9.99 Å². The van der Waals surface area contributed by atoms with Crippen molar-refractivity contribution in [3.05, 3.63) is 76.5 Å². The Morgan fingerprint density at radius 3 is 2.59 bits per heavy atom. The van der Waals surface area contributed by atoms with Gasteiger partial charge in [0.2, 0.25) is 0 Å². The Balaban J connectivity index is 1.75. The number of halogens is 1. The molecule has 3 aromatic rings. The molecule has 2 aromatic carbocycles. The summed E-state index contributed by atoms with van der Waals surface area (Å²) in [7, 11) is 3.15. The van der Waals surface area contributed by atoms with E-state index in [4.69, 9.17) is 9.47 Å². The topological polar surface area (TPSA) is 64.8 Å². The molecule has 1 heterocycles. The number of nitrogens with zero attached hydrogens (tertiary/aromatic N) is 2. The Morgan fingerprint density at radius 1 is 1.11 bits per heavy atom. The summed E-state index contributed by atoms with van der Waals surface area (Å²) >= 11 is 3.35. The van der Waals surface area contributed by atoms with Gasteiger partial charge in [-0.3, -0.25) is 4.79 Å². The first-order chi connectivity index (χ1) is 13.1. The van der Waals surface area contributed by atoms with Crippen molar-refractivity contribution < 1.29 is 14.3 Å². The van der Waals surface area contributed by atoms with Gasteiger partial charge in [0.1, 0.15) is 11.5 Å². The average molecular weight is 428 g/mol. The number of carbonyl (C=O) groups excluding carboxylic acids is 1. The number of hydrogen-bond donors (Lipinski definition) is 1. The van der Waals surface area contributed by atoms with Gasteiger partial charge in [-0.05, 0) is 54.6 Å². The number of nitrogens with one attached hydrogen (secondary N) is 1. The first-order valence-corrected chi connectivity index (χ1v) is 8.90. The van der Waals surface area contributed by atoms with Crippen LogP contribution in [-0.4, -0.2) is 30.9 Å². The molecule has 0 fully saturated rings. The maximum absolute atomic E-state index is 12.4. The minimum atomic E-state index is -0.355. The van der Waals surface area contributed by atoms with Crippen molar-refractivity contribution in [3.63, 3.8) is 0 Å². The fraction of sp³-hybridized carbons (Fsp3) is 0.100. The third kappa shape index (κ3) is 4.38. The van der Waals surface area contributed by atoms with E-state index in [1.54, 1.807) is 31.5 Å². The third-order valence-corrected chi connectivity index (χ3v) is 4.39. The molecule has 1 amide bonds. The molecule has 6 nitrogen and oxygen atoms in total. The van der Waals surface area contributed by atoms with Gasteiger partial charge in [-0.2, -0.15) is 5.10 Å². The second-order valence-corrected chi connectivity index (χ2v) is 6.46. The van der Waals surface area contributed by atoms with Crippen LogP contribution < -0.4 is 14.9 Å². The lowest BCUT2D eigenvalue weighted by molar-refractivity contribution is 0.0952. The van der Waals surface area contributed by atoms with Gasteiger partial charge in [0.05, 0.1) is 31.7 Å². The largest absolute Gasteiger partial charge is 0.497 e. The summed E-state index contributed by atoms with van der Waals surface area (Å²) in [5.41, 5.74) is 4.71. The van der Waals surface area contributed by atoms with Crippen molar-refractivity contribution in [2.45, 2.75) is 0 Å². The van der Waals surface area contributed by atoms with E-state index >= 15 is 0 Å². The zero-order valence-corrected chi connectivity index (χ0v) is 16.4. The zero-order chi connectivity index (χ0) is 19.2. The summed E-state index contributed by atoms with van der Waals surface area (Å²) in [5, 5.41) is 4.07. The first kappa shape index (κ1) is 18.7. The normalized spacial score (nSPS) is 10.8. The van der Waals surface area contributed by atoms with E-state index in [1.807, 2.05) is 47.2 Å². The summed E-state index contributed by atoms with van der Waals surface area (Å²) in [6.45, 7) is 0. The lowest BCUT2D eigenvalue weighted by atomic mass is 10.2. The van der Waals surface area contributed by atoms with Crippen molar-refractivity contribution >= 4 is 28.1 Å². The number of rotatable bonds is 6. The van der Waals surface area contributed by atoms with Crippen LogP contribution in [0.25, 0.3) is 5.69 Å². The van der Waals surface area contributed by atoms with Crippen molar-refractivity contribution in [2.24, 2.45) is 5.10 Å². The molecule has 138 valence electrons. The number of methoxy groups -OCH3 is 2. The summed E-state index contributed by atoms with van der Waals surface area (Å²) in [6, 6.07) is 16.7. The van der Waals surface area contributed by atoms with Gasteiger partial charge < -0.3 is 14.0 Å². The van der Waals surface area contributed by atoms with Crippen LogP contribution in [0, 0.1) is 0 Å². The monoisotopic (exact) mass is 427 g/mol. The van der Waals surface area contributed by atoms with E-state index in [9.17, 15) is 4.79 Å². The number of aromatic nitrogens is 1. The maximum Gasteiger partial charge on any atom is 0.275 e. The average Bonchev–Trinajstić information content (AvgIpc) is 3.16. The second-order valence-electron chi connectivity index (χ2n) is 5.54. The lowest BCUT2D eigenvalue weighted by Crippen LogP contribution is -2.18. The van der Waals surface area contributed by atoms with Crippen LogP contribution in [0.15, 0.2) is 70.4 Å². The minimum absolute atomic E-state index is 0.355. The van der Waals surface area contributed by atoms with Crippen LogP contribution in [0.3, 0.4) is 0 Å². The molecule has 27 heavy (non-hydrogen) atoms. The standard InChI is InChI=1S/C20H18BrN3O3/c1-26-17-8-6-15(7-9-17)24-11-3-4-16(24)13-22-23-20(25)18-12-14(21)5-10-19(18)27-2/h3-13H,1-2H3,(H,23,25)/b22-13+. The fourth-order valence-electron chi connectivity index (χ4n) is 2.55. The Kier molecular flexibility index (Phi) is 5.93. The SMILES string of the molecule is COc1ccc(-n2cccc2/C=N/NC(=O)c2cc(Br)ccc2OC)cc1. The summed E-state index contributed by atoms with van der Waals surface area (Å²) in [5.74, 6) is 0.913. The number of carbonyl (C=O) groups is 1. The summed E-state index contributed by atoms with van der Waals surface area (Å²) in [4.78, 5) is 12.4. The Labute approximate surface area is 165 Å². The quantitative estimate of drug-likeness (QED) is 0.477. The van der Waals surface area contributed by atoms with Gasteiger partial charge in [0, 0.05) is 16.4 Å². The van der Waals surface area contributed by atoms with Crippen molar-refractivity contribution in [2.75, 3.05) is 14.2 Å². The van der Waals surface area contributed by atoms with E-state index in [-0.39, 0.29) is 5.91 Å². The van der Waals surface area contributed by atoms with E-state index < -0.39 is 0 Å². The first-order valence-electron chi connectivity index (χ1n) is 8.11. The van der Waals surface area contributed by atoms with E-state index in [1.165, 1.54) is 7.11 Å². The van der Waals surface area contributed by atoms with E-state index in [2.05, 4.69) is 26.5 Å². The molecule has 0 atom stereocenters. The summed E-state index contributed by atoms with van der Waals surface area (Å²) in [6.07, 6.45) is 3.51. The molecule has 0 bridgehead atoms. The molecular formula is C20H18BrN3O3. The van der Waals surface area contributed by atoms with Crippen LogP contribution in [0.4, 0.5) is 0 Å². The lowest BCUT2D eigenvalue weighted by Gasteiger charge is -2.08. The molecule has 0 spiro atoms. The second kappa shape index (κ2) is 8.55. The van der Waals surface area contributed by atoms with Crippen LogP contribution in [0.1, 0.15) is 16.1 Å². The van der Waals surface area contributed by atoms with Gasteiger partial charge in [-0.25, -0.2) is 5.43 Å². The molecule has 3 rings (SSSR count). The minimum Gasteiger partial charge on any atom is -0.497 e. The van der Waals surface area contributed by atoms with E-state index in [0.29, 0.717) is 11.3 Å². The van der Waals surface area contributed by atoms with Gasteiger partial charge in [0.15, 0.2) is 0 Å². The van der Waals surface area contributed by atoms with Gasteiger partial charge in [-0.1, -0.05) is 15.9 Å². The molecule has 0 unspecified atom stereocenters. The van der Waals surface area contributed by atoms with Gasteiger partial charge in [-0.15, -0.1) is 0 Å². The Hall–Kier alpha value is -3.06. The van der Waals surface area contributed by atoms with Crippen LogP contribution in [0.5, 0.6) is 11.5 Å². The predicted octanol–water partition coefficient (Wildman–Crippen LogP) is 4.02. The smallest absolute Gasteiger partial charge is 0.275 e. The summed E-state index contributed by atoms with van der Waals surface area (Å²) < 4.78 is 13.1. The molecule has 0 aliphatic heterocycles. The fourth-order valence-corrected chi connectivity index (χ4v) is 2.91. The van der Waals surface area contributed by atoms with Crippen LogP contribution in [-0.2, 0) is 0 Å². The molecule has 0 aliphatic carbocycles. The molecule has 0 saturated carbocycles. The van der Waals surface area contributed by atoms with E-state index in [0.717, 1.165) is 21.6 Å². The number of amides is 1. The maximum atomic E-state index is 12.4. The number of hydrazone groups is 1.